The first-order chi connectivity index (χ1) is 8.54. The average Bonchev–Trinajstić information content (AvgIpc) is 2.34. The number of nitro benzene ring substituents is 1. The summed E-state index contributed by atoms with van der Waals surface area (Å²) in [5.74, 6) is -0.725. The van der Waals surface area contributed by atoms with Gasteiger partial charge in [0, 0.05) is 12.5 Å². The van der Waals surface area contributed by atoms with Gasteiger partial charge in [0.2, 0.25) is 0 Å². The summed E-state index contributed by atoms with van der Waals surface area (Å²) in [4.78, 5) is 20.7. The van der Waals surface area contributed by atoms with Crippen LogP contribution in [0, 0.1) is 10.1 Å². The number of hydrogen-bond donors (Lipinski definition) is 1. The molecule has 0 saturated carbocycles. The van der Waals surface area contributed by atoms with Crippen molar-refractivity contribution in [3.63, 3.8) is 0 Å². The Kier molecular flexibility index (Phi) is 5.10. The zero-order valence-corrected chi connectivity index (χ0v) is 10.1. The molecule has 0 amide bonds. The van der Waals surface area contributed by atoms with Crippen molar-refractivity contribution in [3.8, 4) is 5.75 Å². The molecule has 0 aromatic heterocycles. The minimum atomic E-state index is -0.908. The number of nitro groups is 1. The van der Waals surface area contributed by atoms with Gasteiger partial charge in [0.05, 0.1) is 11.5 Å². The minimum Gasteiger partial charge on any atom is -0.487 e. The van der Waals surface area contributed by atoms with E-state index in [-0.39, 0.29) is 24.5 Å². The van der Waals surface area contributed by atoms with Crippen molar-refractivity contribution >= 4 is 11.7 Å². The van der Waals surface area contributed by atoms with Crippen LogP contribution in [-0.2, 0) is 11.2 Å². The van der Waals surface area contributed by atoms with E-state index in [1.54, 1.807) is 12.1 Å². The standard InChI is InChI=1S/C12H15NO5/c1-2-9-5-6-11(10(8-9)13(16)17)18-7-3-4-12(14)15/h5-6,8H,2-4,7H2,1H3,(H,14,15). The lowest BCUT2D eigenvalue weighted by Crippen LogP contribution is -2.04. The van der Waals surface area contributed by atoms with Gasteiger partial charge in [-0.3, -0.25) is 14.9 Å². The van der Waals surface area contributed by atoms with Gasteiger partial charge in [-0.15, -0.1) is 0 Å². The SMILES string of the molecule is CCc1ccc(OCCCC(=O)O)c([N+](=O)[O-])c1. The van der Waals surface area contributed by atoms with Crippen molar-refractivity contribution < 1.29 is 19.6 Å². The van der Waals surface area contributed by atoms with E-state index in [1.165, 1.54) is 6.07 Å². The molecule has 0 fully saturated rings. The van der Waals surface area contributed by atoms with E-state index < -0.39 is 10.9 Å². The second-order valence-electron chi connectivity index (χ2n) is 3.76. The highest BCUT2D eigenvalue weighted by Gasteiger charge is 2.15. The van der Waals surface area contributed by atoms with E-state index in [0.717, 1.165) is 5.56 Å². The van der Waals surface area contributed by atoms with Gasteiger partial charge in [0.25, 0.3) is 0 Å². The summed E-state index contributed by atoms with van der Waals surface area (Å²) in [6.45, 7) is 2.06. The second-order valence-corrected chi connectivity index (χ2v) is 3.76. The maximum absolute atomic E-state index is 10.9. The summed E-state index contributed by atoms with van der Waals surface area (Å²) in [6, 6.07) is 4.80. The zero-order valence-electron chi connectivity index (χ0n) is 10.1. The number of aryl methyl sites for hydroxylation is 1. The molecule has 18 heavy (non-hydrogen) atoms. The molecule has 0 aliphatic rings. The van der Waals surface area contributed by atoms with E-state index in [4.69, 9.17) is 9.84 Å². The van der Waals surface area contributed by atoms with Crippen LogP contribution in [0.1, 0.15) is 25.3 Å². The van der Waals surface area contributed by atoms with Gasteiger partial charge in [-0.25, -0.2) is 0 Å². The van der Waals surface area contributed by atoms with Crippen LogP contribution < -0.4 is 4.74 Å². The van der Waals surface area contributed by atoms with Crippen LogP contribution in [0.2, 0.25) is 0 Å². The number of hydrogen-bond acceptors (Lipinski definition) is 4. The third-order valence-corrected chi connectivity index (χ3v) is 2.42. The highest BCUT2D eigenvalue weighted by Crippen LogP contribution is 2.28. The highest BCUT2D eigenvalue weighted by molar-refractivity contribution is 5.66. The fourth-order valence-corrected chi connectivity index (χ4v) is 1.45. The summed E-state index contributed by atoms with van der Waals surface area (Å²) in [7, 11) is 0. The fraction of sp³-hybridized carbons (Fsp3) is 0.417. The Balaban J connectivity index is 2.69. The van der Waals surface area contributed by atoms with Crippen molar-refractivity contribution in [2.24, 2.45) is 0 Å². The van der Waals surface area contributed by atoms with Gasteiger partial charge in [0.1, 0.15) is 0 Å². The molecule has 0 saturated heterocycles. The Hall–Kier alpha value is -2.11. The van der Waals surface area contributed by atoms with Crippen LogP contribution in [0.5, 0.6) is 5.75 Å². The molecule has 0 unspecified atom stereocenters. The first-order valence-corrected chi connectivity index (χ1v) is 5.66. The van der Waals surface area contributed by atoms with Crippen molar-refractivity contribution in [2.45, 2.75) is 26.2 Å². The molecule has 0 atom stereocenters. The Bertz CT molecular complexity index is 444. The number of carboxylic acid groups (broad SMARTS) is 1. The number of benzene rings is 1. The summed E-state index contributed by atoms with van der Waals surface area (Å²) in [5, 5.41) is 19.3. The van der Waals surface area contributed by atoms with Crippen LogP contribution in [0.15, 0.2) is 18.2 Å². The first kappa shape index (κ1) is 14.0. The molecule has 6 heteroatoms. The van der Waals surface area contributed by atoms with Crippen molar-refractivity contribution in [3.05, 3.63) is 33.9 Å². The second kappa shape index (κ2) is 6.58. The van der Waals surface area contributed by atoms with E-state index in [1.807, 2.05) is 6.92 Å². The molecule has 1 aromatic rings. The van der Waals surface area contributed by atoms with E-state index in [0.29, 0.717) is 12.8 Å². The van der Waals surface area contributed by atoms with Crippen LogP contribution in [-0.4, -0.2) is 22.6 Å². The van der Waals surface area contributed by atoms with Crippen molar-refractivity contribution in [1.29, 1.82) is 0 Å². The number of nitrogens with zero attached hydrogens (tertiary/aromatic N) is 1. The molecule has 98 valence electrons. The number of rotatable bonds is 7. The number of carboxylic acids is 1. The maximum Gasteiger partial charge on any atom is 0.311 e. The molecule has 1 aromatic carbocycles. The third-order valence-electron chi connectivity index (χ3n) is 2.42. The lowest BCUT2D eigenvalue weighted by Gasteiger charge is -2.07. The lowest BCUT2D eigenvalue weighted by atomic mass is 10.1. The molecule has 6 nitrogen and oxygen atoms in total. The largest absolute Gasteiger partial charge is 0.487 e. The van der Waals surface area contributed by atoms with Crippen molar-refractivity contribution in [2.75, 3.05) is 6.61 Å². The Morgan fingerprint density at radius 3 is 2.78 bits per heavy atom. The molecule has 0 radical (unpaired) electrons. The Labute approximate surface area is 104 Å². The van der Waals surface area contributed by atoms with E-state index in [9.17, 15) is 14.9 Å². The molecule has 0 bridgehead atoms. The molecule has 1 rings (SSSR count). The van der Waals surface area contributed by atoms with Crippen LogP contribution in [0.25, 0.3) is 0 Å². The minimum absolute atomic E-state index is 0.0131. The lowest BCUT2D eigenvalue weighted by molar-refractivity contribution is -0.385. The highest BCUT2D eigenvalue weighted by atomic mass is 16.6. The normalized spacial score (nSPS) is 10.1. The van der Waals surface area contributed by atoms with Crippen LogP contribution in [0.4, 0.5) is 5.69 Å². The van der Waals surface area contributed by atoms with Gasteiger partial charge in [-0.1, -0.05) is 13.0 Å². The number of ether oxygens (including phenoxy) is 1. The van der Waals surface area contributed by atoms with Crippen molar-refractivity contribution in [1.82, 2.24) is 0 Å². The summed E-state index contributed by atoms with van der Waals surface area (Å²) >= 11 is 0. The summed E-state index contributed by atoms with van der Waals surface area (Å²) in [6.07, 6.45) is 1.02. The predicted octanol–water partition coefficient (Wildman–Crippen LogP) is 2.40. The quantitative estimate of drug-likeness (QED) is 0.457. The zero-order chi connectivity index (χ0) is 13.5. The topological polar surface area (TPSA) is 89.7 Å². The Morgan fingerprint density at radius 2 is 2.22 bits per heavy atom. The number of aliphatic carboxylic acids is 1. The number of carbonyl (C=O) groups is 1. The summed E-state index contributed by atoms with van der Waals surface area (Å²) < 4.78 is 5.24. The monoisotopic (exact) mass is 253 g/mol. The molecule has 0 heterocycles. The van der Waals surface area contributed by atoms with Gasteiger partial charge in [-0.2, -0.15) is 0 Å². The first-order valence-electron chi connectivity index (χ1n) is 5.66. The smallest absolute Gasteiger partial charge is 0.311 e. The Morgan fingerprint density at radius 1 is 1.50 bits per heavy atom. The fourth-order valence-electron chi connectivity index (χ4n) is 1.45. The third kappa shape index (κ3) is 4.04. The van der Waals surface area contributed by atoms with E-state index >= 15 is 0 Å². The average molecular weight is 253 g/mol. The molecule has 1 N–H and O–H groups in total. The van der Waals surface area contributed by atoms with Gasteiger partial charge >= 0.3 is 11.7 Å². The molecular formula is C12H15NO5. The van der Waals surface area contributed by atoms with Crippen LogP contribution in [0.3, 0.4) is 0 Å². The molecular weight excluding hydrogens is 238 g/mol. The van der Waals surface area contributed by atoms with Gasteiger partial charge in [0.15, 0.2) is 5.75 Å². The van der Waals surface area contributed by atoms with Gasteiger partial charge in [-0.05, 0) is 24.5 Å². The molecule has 0 aliphatic heterocycles. The molecule has 0 spiro atoms. The van der Waals surface area contributed by atoms with E-state index in [2.05, 4.69) is 0 Å². The maximum atomic E-state index is 10.9. The predicted molar refractivity (Wildman–Crippen MR) is 64.8 cm³/mol. The summed E-state index contributed by atoms with van der Waals surface area (Å²) in [5.41, 5.74) is 0.782. The van der Waals surface area contributed by atoms with Crippen LogP contribution >= 0.6 is 0 Å². The van der Waals surface area contributed by atoms with Gasteiger partial charge < -0.3 is 9.84 Å². The molecule has 0 aliphatic carbocycles.